The molecule has 0 bridgehead atoms. The van der Waals surface area contributed by atoms with E-state index in [0.717, 1.165) is 4.57 Å². The van der Waals surface area contributed by atoms with Gasteiger partial charge in [0.15, 0.2) is 10.3 Å². The van der Waals surface area contributed by atoms with Crippen molar-refractivity contribution in [2.24, 2.45) is 0 Å². The summed E-state index contributed by atoms with van der Waals surface area (Å²) < 4.78 is 6.76. The predicted molar refractivity (Wildman–Crippen MR) is 45.3 cm³/mol. The van der Waals surface area contributed by atoms with Crippen molar-refractivity contribution in [3.05, 3.63) is 23.0 Å². The van der Waals surface area contributed by atoms with Crippen LogP contribution in [-0.4, -0.2) is 15.8 Å². The summed E-state index contributed by atoms with van der Waals surface area (Å²) in [7, 11) is 0. The Morgan fingerprint density at radius 1 is 1.67 bits per heavy atom. The number of carbonyl (C=O) groups is 1. The number of fused-ring (bicyclic) bond motifs is 1. The molecular weight excluding hydrogens is 226 g/mol. The average Bonchev–Trinajstić information content (AvgIpc) is 2.43. The summed E-state index contributed by atoms with van der Waals surface area (Å²) in [5, 5.41) is 8.69. The van der Waals surface area contributed by atoms with Gasteiger partial charge in [0.05, 0.1) is 5.52 Å². The third kappa shape index (κ3) is 0.937. The first kappa shape index (κ1) is 7.42. The van der Waals surface area contributed by atoms with Crippen LogP contribution in [0, 0.1) is 0 Å². The van der Waals surface area contributed by atoms with E-state index in [1.54, 1.807) is 12.1 Å². The van der Waals surface area contributed by atoms with E-state index in [-0.39, 0.29) is 0 Å². The predicted octanol–water partition coefficient (Wildman–Crippen LogP) is 2.52. The molecule has 0 amide bonds. The van der Waals surface area contributed by atoms with Gasteiger partial charge in [-0.1, -0.05) is 0 Å². The zero-order chi connectivity index (χ0) is 8.72. The maximum atomic E-state index is 10.6. The molecule has 2 aromatic rings. The van der Waals surface area contributed by atoms with Crippen LogP contribution >= 0.6 is 15.9 Å². The largest absolute Gasteiger partial charge is 0.464 e. The highest BCUT2D eigenvalue weighted by Gasteiger charge is 2.10. The number of furan rings is 1. The molecule has 0 aliphatic rings. The molecule has 0 spiro atoms. The summed E-state index contributed by atoms with van der Waals surface area (Å²) in [6.45, 7) is 0. The van der Waals surface area contributed by atoms with Crippen molar-refractivity contribution in [2.75, 3.05) is 0 Å². The molecule has 5 heteroatoms. The summed E-state index contributed by atoms with van der Waals surface area (Å²) in [4.78, 5) is 10.6. The fourth-order valence-electron chi connectivity index (χ4n) is 1.06. The van der Waals surface area contributed by atoms with Crippen LogP contribution in [0.15, 0.2) is 27.4 Å². The standard InChI is InChI=1S/C7H4BrNO3/c8-6-3-4-5(12-6)1-2-9(4)7(10)11/h1-3H,(H,10,11). The van der Waals surface area contributed by atoms with Crippen LogP contribution in [0.3, 0.4) is 0 Å². The van der Waals surface area contributed by atoms with Crippen molar-refractivity contribution in [3.63, 3.8) is 0 Å². The van der Waals surface area contributed by atoms with E-state index in [2.05, 4.69) is 15.9 Å². The van der Waals surface area contributed by atoms with Crippen LogP contribution in [0.1, 0.15) is 0 Å². The van der Waals surface area contributed by atoms with Gasteiger partial charge in [-0.25, -0.2) is 9.36 Å². The van der Waals surface area contributed by atoms with Gasteiger partial charge in [0, 0.05) is 12.3 Å². The highest BCUT2D eigenvalue weighted by Crippen LogP contribution is 2.23. The van der Waals surface area contributed by atoms with Gasteiger partial charge in [-0.3, -0.25) is 0 Å². The number of carboxylic acid groups (broad SMARTS) is 1. The molecule has 0 radical (unpaired) electrons. The first-order chi connectivity index (χ1) is 5.68. The van der Waals surface area contributed by atoms with Crippen LogP contribution in [-0.2, 0) is 0 Å². The monoisotopic (exact) mass is 229 g/mol. The van der Waals surface area contributed by atoms with Crippen molar-refractivity contribution in [2.45, 2.75) is 0 Å². The van der Waals surface area contributed by atoms with Gasteiger partial charge in [0.25, 0.3) is 0 Å². The van der Waals surface area contributed by atoms with E-state index in [9.17, 15) is 4.79 Å². The Kier molecular flexibility index (Phi) is 1.47. The van der Waals surface area contributed by atoms with E-state index in [0.29, 0.717) is 15.8 Å². The fourth-order valence-corrected chi connectivity index (χ4v) is 1.45. The number of aromatic nitrogens is 1. The molecule has 2 aromatic heterocycles. The third-order valence-electron chi connectivity index (χ3n) is 1.55. The van der Waals surface area contributed by atoms with Crippen molar-refractivity contribution >= 4 is 33.1 Å². The van der Waals surface area contributed by atoms with Crippen molar-refractivity contribution in [1.29, 1.82) is 0 Å². The molecule has 4 nitrogen and oxygen atoms in total. The molecule has 0 atom stereocenters. The number of hydrogen-bond acceptors (Lipinski definition) is 2. The lowest BCUT2D eigenvalue weighted by molar-refractivity contribution is 0.197. The number of halogens is 1. The second-order valence-electron chi connectivity index (χ2n) is 2.27. The minimum atomic E-state index is -1.02. The normalized spacial score (nSPS) is 10.8. The molecular formula is C7H4BrNO3. The molecule has 12 heavy (non-hydrogen) atoms. The zero-order valence-corrected chi connectivity index (χ0v) is 7.41. The van der Waals surface area contributed by atoms with Crippen LogP contribution in [0.4, 0.5) is 4.79 Å². The third-order valence-corrected chi connectivity index (χ3v) is 1.94. The maximum Gasteiger partial charge on any atom is 0.416 e. The molecule has 62 valence electrons. The maximum absolute atomic E-state index is 10.6. The molecule has 2 heterocycles. The quantitative estimate of drug-likeness (QED) is 0.756. The van der Waals surface area contributed by atoms with Gasteiger partial charge in [-0.2, -0.15) is 0 Å². The molecule has 0 aliphatic heterocycles. The van der Waals surface area contributed by atoms with Gasteiger partial charge in [-0.05, 0) is 22.0 Å². The minimum absolute atomic E-state index is 0.531. The Bertz CT molecular complexity index is 442. The first-order valence-electron chi connectivity index (χ1n) is 3.18. The Hall–Kier alpha value is -1.23. The van der Waals surface area contributed by atoms with Gasteiger partial charge < -0.3 is 9.52 Å². The molecule has 2 rings (SSSR count). The Morgan fingerprint density at radius 2 is 2.42 bits per heavy atom. The molecule has 0 aliphatic carbocycles. The lowest BCUT2D eigenvalue weighted by Gasteiger charge is -1.90. The topological polar surface area (TPSA) is 55.4 Å². The zero-order valence-electron chi connectivity index (χ0n) is 5.82. The summed E-state index contributed by atoms with van der Waals surface area (Å²) in [6.07, 6.45) is 0.432. The van der Waals surface area contributed by atoms with Crippen molar-refractivity contribution in [1.82, 2.24) is 4.57 Å². The van der Waals surface area contributed by atoms with Crippen LogP contribution in [0.5, 0.6) is 0 Å². The SMILES string of the molecule is O=C(O)n1ccc2oc(Br)cc21. The molecule has 0 unspecified atom stereocenters. The first-order valence-corrected chi connectivity index (χ1v) is 3.97. The Labute approximate surface area is 75.5 Å². The highest BCUT2D eigenvalue weighted by atomic mass is 79.9. The number of hydrogen-bond donors (Lipinski definition) is 1. The van der Waals surface area contributed by atoms with Gasteiger partial charge >= 0.3 is 6.09 Å². The van der Waals surface area contributed by atoms with E-state index >= 15 is 0 Å². The van der Waals surface area contributed by atoms with E-state index in [4.69, 9.17) is 9.52 Å². The Morgan fingerprint density at radius 3 is 3.08 bits per heavy atom. The second kappa shape index (κ2) is 2.38. The average molecular weight is 230 g/mol. The molecule has 0 aromatic carbocycles. The molecule has 0 fully saturated rings. The van der Waals surface area contributed by atoms with E-state index in [1.165, 1.54) is 6.20 Å². The van der Waals surface area contributed by atoms with Gasteiger partial charge in [-0.15, -0.1) is 0 Å². The van der Waals surface area contributed by atoms with Gasteiger partial charge in [0.2, 0.25) is 0 Å². The van der Waals surface area contributed by atoms with E-state index in [1.807, 2.05) is 0 Å². The van der Waals surface area contributed by atoms with Gasteiger partial charge in [0.1, 0.15) is 0 Å². The number of rotatable bonds is 0. The molecule has 0 saturated carbocycles. The van der Waals surface area contributed by atoms with Crippen molar-refractivity contribution < 1.29 is 14.3 Å². The Balaban J connectivity index is 2.76. The van der Waals surface area contributed by atoms with E-state index < -0.39 is 6.09 Å². The van der Waals surface area contributed by atoms with Crippen LogP contribution in [0.2, 0.25) is 0 Å². The van der Waals surface area contributed by atoms with Crippen molar-refractivity contribution in [3.8, 4) is 0 Å². The summed E-state index contributed by atoms with van der Waals surface area (Å²) in [5.74, 6) is 0. The lowest BCUT2D eigenvalue weighted by atomic mass is 10.5. The van der Waals surface area contributed by atoms with Crippen LogP contribution in [0.25, 0.3) is 11.1 Å². The van der Waals surface area contributed by atoms with Crippen LogP contribution < -0.4 is 0 Å². The smallest absolute Gasteiger partial charge is 0.416 e. The fraction of sp³-hybridized carbons (Fsp3) is 0. The molecule has 0 saturated heterocycles. The summed E-state index contributed by atoms with van der Waals surface area (Å²) >= 11 is 3.11. The summed E-state index contributed by atoms with van der Waals surface area (Å²) in [6, 6.07) is 3.22. The summed E-state index contributed by atoms with van der Waals surface area (Å²) in [5.41, 5.74) is 1.11. The number of nitrogens with zero attached hydrogens (tertiary/aromatic N) is 1. The lowest BCUT2D eigenvalue weighted by Crippen LogP contribution is -2.04. The molecule has 1 N–H and O–H groups in total. The minimum Gasteiger partial charge on any atom is -0.464 e. The highest BCUT2D eigenvalue weighted by molar-refractivity contribution is 9.10. The second-order valence-corrected chi connectivity index (χ2v) is 3.05.